The first-order valence-electron chi connectivity index (χ1n) is 8.79. The van der Waals surface area contributed by atoms with Gasteiger partial charge < -0.3 is 10.1 Å². The zero-order chi connectivity index (χ0) is 19.5. The van der Waals surface area contributed by atoms with Crippen LogP contribution < -0.4 is 5.32 Å². The van der Waals surface area contributed by atoms with Crippen LogP contribution in [0.15, 0.2) is 77.1 Å². The maximum absolute atomic E-state index is 13.2. The predicted molar refractivity (Wildman–Crippen MR) is 112 cm³/mol. The standard InChI is InChI=1S/C22H24N2O2S/c1-3-20(27-17-7-14-23)11-10-18(2)22(12-15-26-16-13-22)21(25)24-19-8-5-4-6-9-19/h3-11,17H,1,12-13,15-16H2,2H3,(H,24,25). The minimum absolute atomic E-state index is 0.00340. The summed E-state index contributed by atoms with van der Waals surface area (Å²) in [6, 6.07) is 11.5. The zero-order valence-corrected chi connectivity index (χ0v) is 16.3. The van der Waals surface area contributed by atoms with Gasteiger partial charge in [-0.15, -0.1) is 0 Å². The van der Waals surface area contributed by atoms with Crippen LogP contribution in [0.5, 0.6) is 0 Å². The van der Waals surface area contributed by atoms with Crippen molar-refractivity contribution in [1.82, 2.24) is 0 Å². The van der Waals surface area contributed by atoms with E-state index in [-0.39, 0.29) is 5.91 Å². The largest absolute Gasteiger partial charge is 0.381 e. The van der Waals surface area contributed by atoms with Crippen LogP contribution >= 0.6 is 11.8 Å². The lowest BCUT2D eigenvalue weighted by Crippen LogP contribution is -2.42. The Morgan fingerprint density at radius 1 is 1.30 bits per heavy atom. The van der Waals surface area contributed by atoms with Crippen molar-refractivity contribution in [2.24, 2.45) is 5.41 Å². The van der Waals surface area contributed by atoms with E-state index in [1.807, 2.05) is 55.5 Å². The minimum atomic E-state index is -0.593. The van der Waals surface area contributed by atoms with Crippen molar-refractivity contribution in [2.75, 3.05) is 18.5 Å². The summed E-state index contributed by atoms with van der Waals surface area (Å²) in [5.41, 5.74) is 1.19. The molecule has 0 unspecified atom stereocenters. The number of nitrogens with one attached hydrogen (secondary N) is 1. The van der Waals surface area contributed by atoms with Crippen molar-refractivity contribution in [3.63, 3.8) is 0 Å². The lowest BCUT2D eigenvalue weighted by atomic mass is 9.73. The molecule has 1 aliphatic rings. The Hall–Kier alpha value is -2.55. The summed E-state index contributed by atoms with van der Waals surface area (Å²) in [5, 5.41) is 13.4. The van der Waals surface area contributed by atoms with Gasteiger partial charge in [0.2, 0.25) is 5.91 Å². The summed E-state index contributed by atoms with van der Waals surface area (Å²) in [7, 11) is 0. The molecule has 0 aliphatic carbocycles. The van der Waals surface area contributed by atoms with Crippen LogP contribution in [0.25, 0.3) is 0 Å². The van der Waals surface area contributed by atoms with Gasteiger partial charge in [0.15, 0.2) is 0 Å². The fraction of sp³-hybridized carbons (Fsp3) is 0.273. The number of ether oxygens (including phenoxy) is 1. The highest BCUT2D eigenvalue weighted by Crippen LogP contribution is 2.39. The highest BCUT2D eigenvalue weighted by atomic mass is 32.2. The predicted octanol–water partition coefficient (Wildman–Crippen LogP) is 5.21. The molecular weight excluding hydrogens is 356 g/mol. The Balaban J connectivity index is 2.25. The number of benzene rings is 1. The molecule has 0 saturated carbocycles. The summed E-state index contributed by atoms with van der Waals surface area (Å²) in [4.78, 5) is 14.1. The second-order valence-corrected chi connectivity index (χ2v) is 7.17. The van der Waals surface area contributed by atoms with Crippen LogP contribution in [0.3, 0.4) is 0 Å². The monoisotopic (exact) mass is 380 g/mol. The van der Waals surface area contributed by atoms with Crippen LogP contribution in [0.4, 0.5) is 5.69 Å². The number of carbonyl (C=O) groups is 1. The number of amides is 1. The van der Waals surface area contributed by atoms with Crippen LogP contribution in [0.1, 0.15) is 19.8 Å². The normalized spacial score (nSPS) is 17.3. The lowest BCUT2D eigenvalue weighted by molar-refractivity contribution is -0.128. The molecule has 1 heterocycles. The van der Waals surface area contributed by atoms with Crippen molar-refractivity contribution in [2.45, 2.75) is 19.8 Å². The molecule has 1 aliphatic heterocycles. The van der Waals surface area contributed by atoms with Gasteiger partial charge in [0.1, 0.15) is 0 Å². The Morgan fingerprint density at radius 3 is 2.63 bits per heavy atom. The van der Waals surface area contributed by atoms with Crippen molar-refractivity contribution >= 4 is 23.4 Å². The summed E-state index contributed by atoms with van der Waals surface area (Å²) in [6.45, 7) is 6.91. The van der Waals surface area contributed by atoms with Gasteiger partial charge in [0.05, 0.1) is 11.5 Å². The second kappa shape index (κ2) is 10.6. The first kappa shape index (κ1) is 20.8. The van der Waals surface area contributed by atoms with E-state index >= 15 is 0 Å². The molecule has 0 spiro atoms. The molecule has 0 atom stereocenters. The third-order valence-corrected chi connectivity index (χ3v) is 5.46. The number of allylic oxidation sites excluding steroid dienone is 4. The van der Waals surface area contributed by atoms with Gasteiger partial charge in [0.25, 0.3) is 0 Å². The van der Waals surface area contributed by atoms with Gasteiger partial charge in [-0.05, 0) is 43.4 Å². The van der Waals surface area contributed by atoms with E-state index in [4.69, 9.17) is 10.00 Å². The van der Waals surface area contributed by atoms with Gasteiger partial charge in [0, 0.05) is 29.9 Å². The Morgan fingerprint density at radius 2 is 2.00 bits per heavy atom. The number of para-hydroxylation sites is 1. The molecule has 5 heteroatoms. The number of hydrogen-bond donors (Lipinski definition) is 1. The lowest BCUT2D eigenvalue weighted by Gasteiger charge is -2.36. The molecular formula is C22H24N2O2S. The zero-order valence-electron chi connectivity index (χ0n) is 15.5. The fourth-order valence-electron chi connectivity index (χ4n) is 2.96. The van der Waals surface area contributed by atoms with Crippen LogP contribution in [0.2, 0.25) is 0 Å². The molecule has 2 rings (SSSR count). The van der Waals surface area contributed by atoms with E-state index in [9.17, 15) is 4.79 Å². The molecule has 1 N–H and O–H groups in total. The second-order valence-electron chi connectivity index (χ2n) is 6.19. The molecule has 4 nitrogen and oxygen atoms in total. The van der Waals surface area contributed by atoms with E-state index in [2.05, 4.69) is 11.9 Å². The van der Waals surface area contributed by atoms with Gasteiger partial charge in [-0.3, -0.25) is 4.79 Å². The Bertz CT molecular complexity index is 782. The molecule has 1 aromatic carbocycles. The van der Waals surface area contributed by atoms with E-state index < -0.39 is 5.41 Å². The summed E-state index contributed by atoms with van der Waals surface area (Å²) >= 11 is 1.41. The minimum Gasteiger partial charge on any atom is -0.381 e. The van der Waals surface area contributed by atoms with Gasteiger partial charge in [-0.1, -0.05) is 54.3 Å². The average molecular weight is 381 g/mol. The number of nitriles is 1. The highest BCUT2D eigenvalue weighted by molar-refractivity contribution is 8.06. The van der Waals surface area contributed by atoms with Gasteiger partial charge >= 0.3 is 0 Å². The van der Waals surface area contributed by atoms with Crippen LogP contribution in [-0.2, 0) is 9.53 Å². The fourth-order valence-corrected chi connectivity index (χ4v) is 3.49. The highest BCUT2D eigenvalue weighted by Gasteiger charge is 2.41. The maximum atomic E-state index is 13.2. The Labute approximate surface area is 165 Å². The van der Waals surface area contributed by atoms with Crippen molar-refractivity contribution in [1.29, 1.82) is 5.26 Å². The quantitative estimate of drug-likeness (QED) is 0.521. The number of hydrogen-bond acceptors (Lipinski definition) is 4. The van der Waals surface area contributed by atoms with E-state index in [1.165, 1.54) is 17.8 Å². The first-order valence-corrected chi connectivity index (χ1v) is 9.67. The number of rotatable bonds is 7. The summed E-state index contributed by atoms with van der Waals surface area (Å²) in [6.07, 6.45) is 8.35. The third kappa shape index (κ3) is 5.72. The molecule has 1 saturated heterocycles. The molecule has 0 radical (unpaired) electrons. The van der Waals surface area contributed by atoms with E-state index in [0.717, 1.165) is 16.2 Å². The topological polar surface area (TPSA) is 62.1 Å². The summed E-state index contributed by atoms with van der Waals surface area (Å²) < 4.78 is 5.50. The van der Waals surface area contributed by atoms with Gasteiger partial charge in [-0.2, -0.15) is 5.26 Å². The number of anilines is 1. The number of carbonyl (C=O) groups excluding carboxylic acids is 1. The third-order valence-electron chi connectivity index (χ3n) is 4.61. The average Bonchev–Trinajstić information content (AvgIpc) is 2.71. The van der Waals surface area contributed by atoms with Crippen molar-refractivity contribution in [3.05, 3.63) is 77.1 Å². The number of nitrogens with zero attached hydrogens (tertiary/aromatic N) is 1. The van der Waals surface area contributed by atoms with Crippen LogP contribution in [0, 0.1) is 16.7 Å². The van der Waals surface area contributed by atoms with Crippen molar-refractivity contribution < 1.29 is 9.53 Å². The van der Waals surface area contributed by atoms with Gasteiger partial charge in [-0.25, -0.2) is 0 Å². The molecule has 140 valence electrons. The molecule has 0 aromatic heterocycles. The van der Waals surface area contributed by atoms with E-state index in [0.29, 0.717) is 26.1 Å². The van der Waals surface area contributed by atoms with Crippen molar-refractivity contribution in [3.8, 4) is 6.07 Å². The molecule has 27 heavy (non-hydrogen) atoms. The molecule has 0 bridgehead atoms. The van der Waals surface area contributed by atoms with Crippen LogP contribution in [-0.4, -0.2) is 19.1 Å². The van der Waals surface area contributed by atoms with E-state index in [1.54, 1.807) is 11.5 Å². The Kier molecular flexibility index (Phi) is 8.12. The molecule has 1 fully saturated rings. The molecule has 1 aromatic rings. The smallest absolute Gasteiger partial charge is 0.234 e. The summed E-state index contributed by atoms with van der Waals surface area (Å²) in [5.74, 6) is -0.00340. The molecule has 1 amide bonds. The maximum Gasteiger partial charge on any atom is 0.234 e. The first-order chi connectivity index (χ1) is 13.1. The SMILES string of the molecule is C=CC(=CC=C(C)C1(C(=O)Nc2ccccc2)CCOCC1)SC=CC#N. The number of thioether (sulfide) groups is 1.